The van der Waals surface area contributed by atoms with Crippen LogP contribution in [0.5, 0.6) is 28.7 Å². The molecular formula is C36H45N2O11. The summed E-state index contributed by atoms with van der Waals surface area (Å²) >= 11 is 0. The van der Waals surface area contributed by atoms with E-state index in [-0.39, 0.29) is 41.8 Å². The molecule has 3 heterocycles. The normalized spacial score (nSPS) is 24.4. The van der Waals surface area contributed by atoms with E-state index in [1.807, 2.05) is 39.8 Å². The summed E-state index contributed by atoms with van der Waals surface area (Å²) in [7, 11) is 2.89. The molecule has 2 saturated heterocycles. The van der Waals surface area contributed by atoms with Crippen LogP contribution in [-0.4, -0.2) is 73.9 Å². The van der Waals surface area contributed by atoms with Crippen LogP contribution in [0.3, 0.4) is 0 Å². The van der Waals surface area contributed by atoms with Crippen LogP contribution in [0.25, 0.3) is 0 Å². The molecule has 265 valence electrons. The fraction of sp³-hybridized carbons (Fsp3) is 0.583. The van der Waals surface area contributed by atoms with Gasteiger partial charge >= 0.3 is 18.0 Å². The lowest BCUT2D eigenvalue weighted by Crippen LogP contribution is -2.60. The maximum absolute atomic E-state index is 13.7. The number of benzene rings is 2. The van der Waals surface area contributed by atoms with Crippen molar-refractivity contribution in [3.8, 4) is 28.7 Å². The maximum atomic E-state index is 13.7. The highest BCUT2D eigenvalue weighted by molar-refractivity contribution is 5.84. The predicted octanol–water partition coefficient (Wildman–Crippen LogP) is 4.93. The number of esters is 2. The standard InChI is InChI=1S/C36H45N2O11/c1-18(2)30(37-34(41)48-22-14-35(3,4)38(42)36(5,6)15-22)33(40)49-31-26(43-7)11-20(12-27(31)44-8)28-23-13-25-24(46-17-47-25)10-19(23)9-21-16-45-32(39)29(21)28/h10-13,18,21-22,28-30H,9,14-17H2,1-8H3,(H,37,41)/t21-,28+,29-,30-/m0/s1. The van der Waals surface area contributed by atoms with Crippen LogP contribution in [0.15, 0.2) is 24.3 Å². The smallest absolute Gasteiger partial charge is 0.408 e. The van der Waals surface area contributed by atoms with Gasteiger partial charge in [-0.3, -0.25) is 4.79 Å². The second kappa shape index (κ2) is 12.9. The van der Waals surface area contributed by atoms with Gasteiger partial charge in [0, 0.05) is 35.8 Å². The first-order valence-corrected chi connectivity index (χ1v) is 16.6. The average Bonchev–Trinajstić information content (AvgIpc) is 3.65. The lowest BCUT2D eigenvalue weighted by molar-refractivity contribution is -0.298. The first-order chi connectivity index (χ1) is 23.1. The fourth-order valence-corrected chi connectivity index (χ4v) is 7.91. The van der Waals surface area contributed by atoms with Crippen molar-refractivity contribution in [2.24, 2.45) is 17.8 Å². The fourth-order valence-electron chi connectivity index (χ4n) is 7.91. The number of hydroxylamine groups is 2. The van der Waals surface area contributed by atoms with E-state index in [1.54, 1.807) is 26.0 Å². The Hall–Kier alpha value is -4.23. The quantitative estimate of drug-likeness (QED) is 0.298. The van der Waals surface area contributed by atoms with Gasteiger partial charge in [0.15, 0.2) is 23.0 Å². The minimum absolute atomic E-state index is 0.0261. The van der Waals surface area contributed by atoms with Crippen molar-refractivity contribution in [3.05, 3.63) is 41.0 Å². The van der Waals surface area contributed by atoms with Crippen molar-refractivity contribution in [1.29, 1.82) is 0 Å². The molecule has 1 amide bonds. The summed E-state index contributed by atoms with van der Waals surface area (Å²) in [5, 5.41) is 16.5. The number of methoxy groups -OCH3 is 2. The van der Waals surface area contributed by atoms with Gasteiger partial charge in [-0.05, 0) is 81.0 Å². The summed E-state index contributed by atoms with van der Waals surface area (Å²) in [6.45, 7) is 11.2. The van der Waals surface area contributed by atoms with Gasteiger partial charge in [-0.15, -0.1) is 10.3 Å². The zero-order valence-corrected chi connectivity index (χ0v) is 29.2. The molecular weight excluding hydrogens is 636 g/mol. The molecule has 6 rings (SSSR count). The molecule has 0 spiro atoms. The minimum Gasteiger partial charge on any atom is -0.493 e. The van der Waals surface area contributed by atoms with E-state index in [0.717, 1.165) is 16.2 Å². The number of hydrogen-bond acceptors (Lipinski definition) is 11. The van der Waals surface area contributed by atoms with E-state index in [1.165, 1.54) is 14.2 Å². The molecule has 4 aliphatic rings. The topological polar surface area (TPSA) is 151 Å². The number of cyclic esters (lactones) is 1. The van der Waals surface area contributed by atoms with E-state index in [0.29, 0.717) is 42.9 Å². The summed E-state index contributed by atoms with van der Waals surface area (Å²) in [6.07, 6.45) is 0.0458. The number of alkyl carbamates (subject to hydrolysis) is 1. The zero-order valence-electron chi connectivity index (χ0n) is 29.2. The maximum Gasteiger partial charge on any atom is 0.408 e. The molecule has 13 nitrogen and oxygen atoms in total. The van der Waals surface area contributed by atoms with E-state index in [9.17, 15) is 19.6 Å². The molecule has 1 aliphatic carbocycles. The Bertz CT molecular complexity index is 1590. The molecule has 1 radical (unpaired) electrons. The number of nitrogens with one attached hydrogen (secondary N) is 1. The lowest BCUT2D eigenvalue weighted by atomic mass is 9.67. The highest BCUT2D eigenvalue weighted by Crippen LogP contribution is 2.52. The Labute approximate surface area is 286 Å². The molecule has 1 N–H and O–H groups in total. The van der Waals surface area contributed by atoms with Gasteiger partial charge in [0.25, 0.3) is 0 Å². The minimum atomic E-state index is -1.08. The number of fused-ring (bicyclic) bond motifs is 3. The molecule has 2 aromatic rings. The van der Waals surface area contributed by atoms with E-state index in [4.69, 9.17) is 33.2 Å². The van der Waals surface area contributed by atoms with Crippen LogP contribution < -0.4 is 29.0 Å². The first-order valence-electron chi connectivity index (χ1n) is 16.6. The SMILES string of the molecule is COc1cc([C@@H]2c3cc4c(cc3C[C@H]3COC(=O)[C@@H]32)OCO4)cc(OC)c1OC(=O)[C@@H](NC(=O)OC1CC(C)(C)N([O])C(C)(C)C1)C(C)C. The Morgan fingerprint density at radius 2 is 1.55 bits per heavy atom. The number of piperidine rings is 1. The van der Waals surface area contributed by atoms with E-state index >= 15 is 0 Å². The van der Waals surface area contributed by atoms with Crippen LogP contribution in [0, 0.1) is 17.8 Å². The number of nitrogens with zero attached hydrogens (tertiary/aromatic N) is 1. The van der Waals surface area contributed by atoms with Gasteiger partial charge < -0.3 is 38.5 Å². The number of rotatable bonds is 8. The lowest BCUT2D eigenvalue weighted by Gasteiger charge is -2.49. The van der Waals surface area contributed by atoms with Crippen LogP contribution in [-0.2, 0) is 30.7 Å². The summed E-state index contributed by atoms with van der Waals surface area (Å²) < 4.78 is 39.9. The molecule has 2 fully saturated rings. The van der Waals surface area contributed by atoms with Crippen molar-refractivity contribution in [2.45, 2.75) is 89.9 Å². The van der Waals surface area contributed by atoms with E-state index in [2.05, 4.69) is 5.32 Å². The highest BCUT2D eigenvalue weighted by atomic mass is 16.7. The molecule has 0 bridgehead atoms. The third-order valence-corrected chi connectivity index (χ3v) is 10.1. The van der Waals surface area contributed by atoms with Gasteiger partial charge in [0.2, 0.25) is 12.5 Å². The van der Waals surface area contributed by atoms with Crippen LogP contribution in [0.2, 0.25) is 0 Å². The van der Waals surface area contributed by atoms with Crippen molar-refractivity contribution in [3.63, 3.8) is 0 Å². The molecule has 0 saturated carbocycles. The number of carbonyl (C=O) groups excluding carboxylic acids is 3. The molecule has 0 aromatic heterocycles. The van der Waals surface area contributed by atoms with Crippen LogP contribution in [0.4, 0.5) is 4.79 Å². The second-order valence-electron chi connectivity index (χ2n) is 14.9. The van der Waals surface area contributed by atoms with Crippen molar-refractivity contribution in [1.82, 2.24) is 10.4 Å². The highest BCUT2D eigenvalue weighted by Gasteiger charge is 2.49. The molecule has 3 aliphatic heterocycles. The Morgan fingerprint density at radius 1 is 0.939 bits per heavy atom. The van der Waals surface area contributed by atoms with Crippen molar-refractivity contribution < 1.29 is 52.7 Å². The third kappa shape index (κ3) is 6.45. The summed E-state index contributed by atoms with van der Waals surface area (Å²) in [5.74, 6) is -0.609. The Kier molecular flexibility index (Phi) is 9.12. The second-order valence-corrected chi connectivity index (χ2v) is 14.9. The van der Waals surface area contributed by atoms with Crippen molar-refractivity contribution >= 4 is 18.0 Å². The Balaban J connectivity index is 1.25. The molecule has 13 heteroatoms. The number of carbonyl (C=O) groups is 3. The van der Waals surface area contributed by atoms with Crippen molar-refractivity contribution in [2.75, 3.05) is 27.6 Å². The van der Waals surface area contributed by atoms with Gasteiger partial charge in [-0.1, -0.05) is 13.8 Å². The largest absolute Gasteiger partial charge is 0.493 e. The summed E-state index contributed by atoms with van der Waals surface area (Å²) in [6, 6.07) is 6.27. The molecule has 4 atom stereocenters. The van der Waals surface area contributed by atoms with E-state index < -0.39 is 47.1 Å². The summed E-state index contributed by atoms with van der Waals surface area (Å²) in [5.41, 5.74) is 1.19. The average molecular weight is 682 g/mol. The molecule has 2 aromatic carbocycles. The third-order valence-electron chi connectivity index (χ3n) is 10.1. The zero-order chi connectivity index (χ0) is 35.4. The number of hydrogen-bond donors (Lipinski definition) is 1. The van der Waals surface area contributed by atoms with Gasteiger partial charge in [-0.25, -0.2) is 9.59 Å². The van der Waals surface area contributed by atoms with Gasteiger partial charge in [0.05, 0.1) is 26.7 Å². The predicted molar refractivity (Wildman–Crippen MR) is 173 cm³/mol. The monoisotopic (exact) mass is 681 g/mol. The Morgan fingerprint density at radius 3 is 2.14 bits per heavy atom. The first kappa shape index (κ1) is 34.6. The number of amides is 1. The summed E-state index contributed by atoms with van der Waals surface area (Å²) in [4.78, 5) is 39.9. The molecule has 49 heavy (non-hydrogen) atoms. The van der Waals surface area contributed by atoms with Crippen LogP contribution >= 0.6 is 0 Å². The molecule has 0 unspecified atom stereocenters. The number of ether oxygens (including phenoxy) is 7. The van der Waals surface area contributed by atoms with Crippen LogP contribution in [0.1, 0.15) is 77.0 Å². The van der Waals surface area contributed by atoms with Gasteiger partial charge in [-0.2, -0.15) is 0 Å². The van der Waals surface area contributed by atoms with Gasteiger partial charge in [0.1, 0.15) is 12.1 Å².